The number of rotatable bonds is 13. The van der Waals surface area contributed by atoms with Gasteiger partial charge in [0.25, 0.3) is 0 Å². The summed E-state index contributed by atoms with van der Waals surface area (Å²) < 4.78 is 11.3. The Kier molecular flexibility index (Phi) is 11.7. The van der Waals surface area contributed by atoms with Crippen LogP contribution in [-0.4, -0.2) is 63.0 Å². The second-order valence-electron chi connectivity index (χ2n) is 7.46. The van der Waals surface area contributed by atoms with Crippen LogP contribution >= 0.6 is 0 Å². The van der Waals surface area contributed by atoms with Crippen LogP contribution in [0.15, 0.2) is 29.3 Å². The summed E-state index contributed by atoms with van der Waals surface area (Å²) in [5, 5.41) is 6.71. The highest BCUT2D eigenvalue weighted by Gasteiger charge is 2.14. The summed E-state index contributed by atoms with van der Waals surface area (Å²) in [5.74, 6) is 0.860. The second kappa shape index (κ2) is 14.4. The molecule has 1 atom stereocenters. The zero-order valence-electron chi connectivity index (χ0n) is 18.6. The van der Waals surface area contributed by atoms with Crippen LogP contribution < -0.4 is 10.6 Å². The van der Waals surface area contributed by atoms with Gasteiger partial charge in [-0.25, -0.2) is 4.99 Å². The fourth-order valence-electron chi connectivity index (χ4n) is 3.34. The van der Waals surface area contributed by atoms with E-state index in [0.717, 1.165) is 77.8 Å². The average molecular weight is 405 g/mol. The number of guanidine groups is 1. The van der Waals surface area contributed by atoms with Gasteiger partial charge in [-0.05, 0) is 50.4 Å². The molecule has 1 unspecified atom stereocenters. The van der Waals surface area contributed by atoms with E-state index in [2.05, 4.69) is 60.6 Å². The van der Waals surface area contributed by atoms with E-state index in [-0.39, 0.29) is 0 Å². The predicted molar refractivity (Wildman–Crippen MR) is 120 cm³/mol. The predicted octanol–water partition coefficient (Wildman–Crippen LogP) is 3.17. The number of aliphatic imine (C=N–C) groups is 1. The molecule has 0 amide bonds. The molecule has 0 bridgehead atoms. The van der Waals surface area contributed by atoms with Crippen molar-refractivity contribution in [3.05, 3.63) is 35.4 Å². The lowest BCUT2D eigenvalue weighted by Crippen LogP contribution is -2.38. The summed E-state index contributed by atoms with van der Waals surface area (Å²) >= 11 is 0. The molecule has 0 radical (unpaired) electrons. The van der Waals surface area contributed by atoms with Gasteiger partial charge in [-0.15, -0.1) is 0 Å². The van der Waals surface area contributed by atoms with Crippen LogP contribution in [0.1, 0.15) is 51.2 Å². The van der Waals surface area contributed by atoms with Crippen molar-refractivity contribution in [2.24, 2.45) is 4.99 Å². The van der Waals surface area contributed by atoms with Gasteiger partial charge in [-0.3, -0.25) is 4.90 Å². The van der Waals surface area contributed by atoms with Crippen molar-refractivity contribution in [1.82, 2.24) is 15.5 Å². The van der Waals surface area contributed by atoms with Crippen molar-refractivity contribution >= 4 is 5.96 Å². The lowest BCUT2D eigenvalue weighted by molar-refractivity contribution is 0.0168. The highest BCUT2D eigenvalue weighted by atomic mass is 16.5. The van der Waals surface area contributed by atoms with Gasteiger partial charge >= 0.3 is 0 Å². The van der Waals surface area contributed by atoms with Gasteiger partial charge < -0.3 is 20.1 Å². The zero-order valence-corrected chi connectivity index (χ0v) is 18.6. The van der Waals surface area contributed by atoms with Crippen LogP contribution in [0.4, 0.5) is 0 Å². The number of ether oxygens (including phenoxy) is 2. The van der Waals surface area contributed by atoms with Crippen molar-refractivity contribution < 1.29 is 9.47 Å². The number of hydrogen-bond acceptors (Lipinski definition) is 4. The molecule has 6 heteroatoms. The molecule has 1 saturated heterocycles. The quantitative estimate of drug-likeness (QED) is 0.300. The maximum Gasteiger partial charge on any atom is 0.191 e. The highest BCUT2D eigenvalue weighted by molar-refractivity contribution is 5.79. The Bertz CT molecular complexity index is 567. The standard InChI is InChI=1S/C23H40N4O2/c1-4-24-23(25-14-8-15-28-19-22-9-7-16-29-22)26-17-20-10-12-21(13-11-20)18-27(5-2)6-3/h10-13,22H,4-9,14-19H2,1-3H3,(H2,24,25,26). The molecular formula is C23H40N4O2. The summed E-state index contributed by atoms with van der Waals surface area (Å²) in [7, 11) is 0. The number of hydrogen-bond donors (Lipinski definition) is 2. The third kappa shape index (κ3) is 9.61. The first-order valence-electron chi connectivity index (χ1n) is 11.3. The molecule has 29 heavy (non-hydrogen) atoms. The Morgan fingerprint density at radius 2 is 1.90 bits per heavy atom. The van der Waals surface area contributed by atoms with Crippen LogP contribution in [0.25, 0.3) is 0 Å². The maximum absolute atomic E-state index is 5.71. The molecule has 0 spiro atoms. The minimum Gasteiger partial charge on any atom is -0.379 e. The normalized spacial score (nSPS) is 17.1. The van der Waals surface area contributed by atoms with Gasteiger partial charge in [0.05, 0.1) is 19.3 Å². The molecule has 0 aliphatic carbocycles. The lowest BCUT2D eigenvalue weighted by Gasteiger charge is -2.18. The molecule has 2 rings (SSSR count). The van der Waals surface area contributed by atoms with Crippen LogP contribution in [0.5, 0.6) is 0 Å². The fraction of sp³-hybridized carbons (Fsp3) is 0.696. The van der Waals surface area contributed by atoms with Crippen LogP contribution in [-0.2, 0) is 22.6 Å². The summed E-state index contributed by atoms with van der Waals surface area (Å²) in [6.07, 6.45) is 3.56. The van der Waals surface area contributed by atoms with Gasteiger partial charge in [-0.1, -0.05) is 38.1 Å². The molecule has 1 heterocycles. The number of nitrogens with zero attached hydrogens (tertiary/aromatic N) is 2. The van der Waals surface area contributed by atoms with Crippen LogP contribution in [0.3, 0.4) is 0 Å². The molecule has 1 aromatic rings. The van der Waals surface area contributed by atoms with E-state index in [4.69, 9.17) is 14.5 Å². The Balaban J connectivity index is 1.68. The second-order valence-corrected chi connectivity index (χ2v) is 7.46. The number of nitrogens with one attached hydrogen (secondary N) is 2. The molecule has 1 aromatic carbocycles. The topological polar surface area (TPSA) is 58.1 Å². The highest BCUT2D eigenvalue weighted by Crippen LogP contribution is 2.12. The van der Waals surface area contributed by atoms with Crippen molar-refractivity contribution in [3.63, 3.8) is 0 Å². The van der Waals surface area contributed by atoms with E-state index in [0.29, 0.717) is 12.6 Å². The first kappa shape index (κ1) is 23.6. The van der Waals surface area contributed by atoms with Crippen molar-refractivity contribution in [2.45, 2.75) is 59.2 Å². The Labute approximate surface area is 177 Å². The maximum atomic E-state index is 5.71. The molecular weight excluding hydrogens is 364 g/mol. The SMILES string of the molecule is CCNC(=NCc1ccc(CN(CC)CC)cc1)NCCCOCC1CCCO1. The van der Waals surface area contributed by atoms with E-state index in [9.17, 15) is 0 Å². The van der Waals surface area contributed by atoms with Gasteiger partial charge in [-0.2, -0.15) is 0 Å². The largest absolute Gasteiger partial charge is 0.379 e. The van der Waals surface area contributed by atoms with Crippen molar-refractivity contribution in [1.29, 1.82) is 0 Å². The summed E-state index contributed by atoms with van der Waals surface area (Å²) in [6.45, 7) is 14.4. The third-order valence-corrected chi connectivity index (χ3v) is 5.17. The van der Waals surface area contributed by atoms with E-state index >= 15 is 0 Å². The average Bonchev–Trinajstić information content (AvgIpc) is 3.27. The minimum atomic E-state index is 0.306. The van der Waals surface area contributed by atoms with Gasteiger partial charge in [0.15, 0.2) is 5.96 Å². The third-order valence-electron chi connectivity index (χ3n) is 5.17. The molecule has 1 aliphatic rings. The van der Waals surface area contributed by atoms with Gasteiger partial charge in [0.2, 0.25) is 0 Å². The van der Waals surface area contributed by atoms with E-state index in [1.54, 1.807) is 0 Å². The monoisotopic (exact) mass is 404 g/mol. The molecule has 164 valence electrons. The van der Waals surface area contributed by atoms with Crippen LogP contribution in [0, 0.1) is 0 Å². The molecule has 0 aromatic heterocycles. The van der Waals surface area contributed by atoms with E-state index in [1.807, 2.05) is 0 Å². The Morgan fingerprint density at radius 3 is 2.55 bits per heavy atom. The lowest BCUT2D eigenvalue weighted by atomic mass is 10.1. The Hall–Kier alpha value is -1.63. The molecule has 0 saturated carbocycles. The number of benzene rings is 1. The first-order chi connectivity index (χ1) is 14.2. The van der Waals surface area contributed by atoms with Gasteiger partial charge in [0.1, 0.15) is 0 Å². The van der Waals surface area contributed by atoms with E-state index in [1.165, 1.54) is 11.1 Å². The molecule has 1 aliphatic heterocycles. The van der Waals surface area contributed by atoms with Crippen molar-refractivity contribution in [3.8, 4) is 0 Å². The minimum absolute atomic E-state index is 0.306. The van der Waals surface area contributed by atoms with Crippen LogP contribution in [0.2, 0.25) is 0 Å². The molecule has 6 nitrogen and oxygen atoms in total. The summed E-state index contributed by atoms with van der Waals surface area (Å²) in [6, 6.07) is 8.81. The van der Waals surface area contributed by atoms with Crippen molar-refractivity contribution in [2.75, 3.05) is 46.0 Å². The smallest absolute Gasteiger partial charge is 0.191 e. The first-order valence-corrected chi connectivity index (χ1v) is 11.3. The van der Waals surface area contributed by atoms with Gasteiger partial charge in [0, 0.05) is 32.8 Å². The summed E-state index contributed by atoms with van der Waals surface area (Å²) in [4.78, 5) is 7.13. The zero-order chi connectivity index (χ0) is 20.7. The molecule has 1 fully saturated rings. The van der Waals surface area contributed by atoms with E-state index < -0.39 is 0 Å². The molecule has 2 N–H and O–H groups in total. The summed E-state index contributed by atoms with van der Waals surface area (Å²) in [5.41, 5.74) is 2.58. The fourth-order valence-corrected chi connectivity index (χ4v) is 3.34. The Morgan fingerprint density at radius 1 is 1.14 bits per heavy atom.